The molecule has 4 nitrogen and oxygen atoms in total. The van der Waals surface area contributed by atoms with E-state index in [-0.39, 0.29) is 5.91 Å². The average Bonchev–Trinajstić information content (AvgIpc) is 2.56. The Kier molecular flexibility index (Phi) is 4.51. The van der Waals surface area contributed by atoms with Crippen LogP contribution in [0.15, 0.2) is 36.4 Å². The second-order valence-corrected chi connectivity index (χ2v) is 5.67. The molecule has 4 heteroatoms. The largest absolute Gasteiger partial charge is 0.486 e. The molecule has 0 saturated heterocycles. The third kappa shape index (κ3) is 3.47. The van der Waals surface area contributed by atoms with E-state index in [2.05, 4.69) is 12.2 Å². The molecule has 0 atom stereocenters. The molecule has 1 aliphatic rings. The molecule has 0 spiro atoms. The SMILES string of the molecule is CCc1cccc(C)c1NC(=O)Cc1ccc2c(c1)OCCO2. The van der Waals surface area contributed by atoms with Crippen molar-refractivity contribution in [2.75, 3.05) is 18.5 Å². The van der Waals surface area contributed by atoms with Gasteiger partial charge in [-0.1, -0.05) is 31.2 Å². The van der Waals surface area contributed by atoms with Crippen LogP contribution in [0.1, 0.15) is 23.6 Å². The van der Waals surface area contributed by atoms with Crippen molar-refractivity contribution in [3.05, 3.63) is 53.1 Å². The first-order valence-corrected chi connectivity index (χ1v) is 7.94. The molecule has 0 aliphatic carbocycles. The van der Waals surface area contributed by atoms with E-state index in [9.17, 15) is 4.79 Å². The summed E-state index contributed by atoms with van der Waals surface area (Å²) in [5.74, 6) is 1.44. The van der Waals surface area contributed by atoms with Crippen molar-refractivity contribution >= 4 is 11.6 Å². The van der Waals surface area contributed by atoms with Crippen molar-refractivity contribution in [3.8, 4) is 11.5 Å². The van der Waals surface area contributed by atoms with Gasteiger partial charge in [-0.25, -0.2) is 0 Å². The molecule has 3 rings (SSSR count). The van der Waals surface area contributed by atoms with Crippen molar-refractivity contribution in [1.82, 2.24) is 0 Å². The number of hydrogen-bond donors (Lipinski definition) is 1. The lowest BCUT2D eigenvalue weighted by molar-refractivity contribution is -0.115. The maximum absolute atomic E-state index is 12.4. The Morgan fingerprint density at radius 1 is 1.13 bits per heavy atom. The molecule has 0 saturated carbocycles. The molecule has 0 aromatic heterocycles. The summed E-state index contributed by atoms with van der Waals surface area (Å²) >= 11 is 0. The van der Waals surface area contributed by atoms with E-state index in [0.717, 1.165) is 34.5 Å². The Morgan fingerprint density at radius 2 is 1.91 bits per heavy atom. The summed E-state index contributed by atoms with van der Waals surface area (Å²) in [7, 11) is 0. The fourth-order valence-electron chi connectivity index (χ4n) is 2.77. The fraction of sp³-hybridized carbons (Fsp3) is 0.316. The van der Waals surface area contributed by atoms with Gasteiger partial charge in [-0.15, -0.1) is 0 Å². The Labute approximate surface area is 136 Å². The molecule has 1 amide bonds. The van der Waals surface area contributed by atoms with Gasteiger partial charge in [0.05, 0.1) is 6.42 Å². The lowest BCUT2D eigenvalue weighted by Gasteiger charge is -2.19. The highest BCUT2D eigenvalue weighted by Crippen LogP contribution is 2.31. The zero-order valence-corrected chi connectivity index (χ0v) is 13.5. The molecule has 2 aromatic carbocycles. The van der Waals surface area contributed by atoms with Crippen LogP contribution in [0.4, 0.5) is 5.69 Å². The maximum Gasteiger partial charge on any atom is 0.228 e. The number of rotatable bonds is 4. The Bertz CT molecular complexity index is 725. The molecule has 0 fully saturated rings. The Morgan fingerprint density at radius 3 is 2.70 bits per heavy atom. The first-order chi connectivity index (χ1) is 11.2. The second-order valence-electron chi connectivity index (χ2n) is 5.67. The highest BCUT2D eigenvalue weighted by molar-refractivity contribution is 5.93. The van der Waals surface area contributed by atoms with Gasteiger partial charge >= 0.3 is 0 Å². The molecule has 1 heterocycles. The smallest absolute Gasteiger partial charge is 0.228 e. The van der Waals surface area contributed by atoms with Gasteiger partial charge in [-0.05, 0) is 42.2 Å². The Balaban J connectivity index is 1.73. The average molecular weight is 311 g/mol. The van der Waals surface area contributed by atoms with E-state index < -0.39 is 0 Å². The number of nitrogens with one attached hydrogen (secondary N) is 1. The van der Waals surface area contributed by atoms with E-state index in [4.69, 9.17) is 9.47 Å². The van der Waals surface area contributed by atoms with Crippen LogP contribution in [0.3, 0.4) is 0 Å². The van der Waals surface area contributed by atoms with Gasteiger partial charge in [-0.2, -0.15) is 0 Å². The number of aryl methyl sites for hydroxylation is 2. The van der Waals surface area contributed by atoms with Gasteiger partial charge in [0.1, 0.15) is 13.2 Å². The van der Waals surface area contributed by atoms with Gasteiger partial charge in [-0.3, -0.25) is 4.79 Å². The Hall–Kier alpha value is -2.49. The number of carbonyl (C=O) groups is 1. The molecule has 1 aliphatic heterocycles. The molecule has 23 heavy (non-hydrogen) atoms. The van der Waals surface area contributed by atoms with Crippen LogP contribution in [0.25, 0.3) is 0 Å². The summed E-state index contributed by atoms with van der Waals surface area (Å²) in [5, 5.41) is 3.05. The predicted octanol–water partition coefficient (Wildman–Crippen LogP) is 3.51. The van der Waals surface area contributed by atoms with E-state index >= 15 is 0 Å². The van der Waals surface area contributed by atoms with Crippen molar-refractivity contribution in [1.29, 1.82) is 0 Å². The number of para-hydroxylation sites is 1. The lowest BCUT2D eigenvalue weighted by Crippen LogP contribution is -2.18. The number of fused-ring (bicyclic) bond motifs is 1. The summed E-state index contributed by atoms with van der Waals surface area (Å²) in [4.78, 5) is 12.4. The summed E-state index contributed by atoms with van der Waals surface area (Å²) in [5.41, 5.74) is 4.08. The first kappa shape index (κ1) is 15.4. The van der Waals surface area contributed by atoms with E-state index in [0.29, 0.717) is 25.4 Å². The third-order valence-electron chi connectivity index (χ3n) is 3.98. The van der Waals surface area contributed by atoms with Gasteiger partial charge in [0.2, 0.25) is 5.91 Å². The quantitative estimate of drug-likeness (QED) is 0.940. The molecule has 0 unspecified atom stereocenters. The van der Waals surface area contributed by atoms with Gasteiger partial charge in [0, 0.05) is 5.69 Å². The summed E-state index contributed by atoms with van der Waals surface area (Å²) in [6.45, 7) is 5.22. The molecule has 120 valence electrons. The van der Waals surface area contributed by atoms with Crippen LogP contribution in [0.2, 0.25) is 0 Å². The van der Waals surface area contributed by atoms with E-state index in [1.54, 1.807) is 0 Å². The van der Waals surface area contributed by atoms with Gasteiger partial charge in [0.25, 0.3) is 0 Å². The van der Waals surface area contributed by atoms with Crippen molar-refractivity contribution < 1.29 is 14.3 Å². The highest BCUT2D eigenvalue weighted by Gasteiger charge is 2.14. The van der Waals surface area contributed by atoms with Gasteiger partial charge in [0.15, 0.2) is 11.5 Å². The van der Waals surface area contributed by atoms with Crippen LogP contribution in [0, 0.1) is 6.92 Å². The number of ether oxygens (including phenoxy) is 2. The number of benzene rings is 2. The summed E-state index contributed by atoms with van der Waals surface area (Å²) in [6.07, 6.45) is 1.20. The fourth-order valence-corrected chi connectivity index (χ4v) is 2.77. The third-order valence-corrected chi connectivity index (χ3v) is 3.98. The van der Waals surface area contributed by atoms with E-state index in [1.165, 1.54) is 0 Å². The molecular formula is C19H21NO3. The minimum atomic E-state index is -0.0225. The molecule has 0 bridgehead atoms. The van der Waals surface area contributed by atoms with Crippen LogP contribution in [-0.2, 0) is 17.6 Å². The minimum absolute atomic E-state index is 0.0225. The maximum atomic E-state index is 12.4. The van der Waals surface area contributed by atoms with Crippen LogP contribution >= 0.6 is 0 Å². The van der Waals surface area contributed by atoms with Gasteiger partial charge < -0.3 is 14.8 Å². The number of amides is 1. The number of anilines is 1. The van der Waals surface area contributed by atoms with Crippen molar-refractivity contribution in [2.24, 2.45) is 0 Å². The van der Waals surface area contributed by atoms with Crippen LogP contribution in [0.5, 0.6) is 11.5 Å². The predicted molar refractivity (Wildman–Crippen MR) is 90.3 cm³/mol. The zero-order valence-electron chi connectivity index (χ0n) is 13.5. The number of carbonyl (C=O) groups excluding carboxylic acids is 1. The van der Waals surface area contributed by atoms with E-state index in [1.807, 2.05) is 43.3 Å². The molecule has 2 aromatic rings. The summed E-state index contributed by atoms with van der Waals surface area (Å²) < 4.78 is 11.1. The zero-order chi connectivity index (χ0) is 16.2. The monoisotopic (exact) mass is 311 g/mol. The normalized spacial score (nSPS) is 12.8. The van der Waals surface area contributed by atoms with Crippen molar-refractivity contribution in [3.63, 3.8) is 0 Å². The van der Waals surface area contributed by atoms with Crippen LogP contribution in [-0.4, -0.2) is 19.1 Å². The minimum Gasteiger partial charge on any atom is -0.486 e. The molecular weight excluding hydrogens is 290 g/mol. The first-order valence-electron chi connectivity index (χ1n) is 7.94. The van der Waals surface area contributed by atoms with Crippen LogP contribution < -0.4 is 14.8 Å². The molecule has 0 radical (unpaired) electrons. The lowest BCUT2D eigenvalue weighted by atomic mass is 10.1. The standard InChI is InChI=1S/C19H21NO3/c1-3-15-6-4-5-13(2)19(15)20-18(21)12-14-7-8-16-17(11-14)23-10-9-22-16/h4-8,11H,3,9-10,12H2,1-2H3,(H,20,21). The number of hydrogen-bond acceptors (Lipinski definition) is 3. The van der Waals surface area contributed by atoms with Crippen molar-refractivity contribution in [2.45, 2.75) is 26.7 Å². The topological polar surface area (TPSA) is 47.6 Å². The molecule has 1 N–H and O–H groups in total. The highest BCUT2D eigenvalue weighted by atomic mass is 16.6. The second kappa shape index (κ2) is 6.73. The summed E-state index contributed by atoms with van der Waals surface area (Å²) in [6, 6.07) is 11.7.